The van der Waals surface area contributed by atoms with E-state index in [0.717, 1.165) is 19.6 Å². The van der Waals surface area contributed by atoms with Gasteiger partial charge in [-0.15, -0.1) is 0 Å². The Hall–Kier alpha value is -0.120. The molecule has 0 bridgehead atoms. The third-order valence-electron chi connectivity index (χ3n) is 5.12. The summed E-state index contributed by atoms with van der Waals surface area (Å²) in [7, 11) is 4.35. The van der Waals surface area contributed by atoms with Crippen molar-refractivity contribution in [2.45, 2.75) is 65.6 Å². The van der Waals surface area contributed by atoms with E-state index in [0.29, 0.717) is 29.5 Å². The lowest BCUT2D eigenvalue weighted by molar-refractivity contribution is -0.126. The van der Waals surface area contributed by atoms with Crippen molar-refractivity contribution >= 4 is 0 Å². The first-order valence-corrected chi connectivity index (χ1v) is 7.88. The summed E-state index contributed by atoms with van der Waals surface area (Å²) in [5, 5.41) is 3.79. The molecule has 0 aromatic carbocycles. The Kier molecular flexibility index (Phi) is 6.28. The maximum absolute atomic E-state index is 5.87. The first kappa shape index (κ1) is 16.9. The Balaban J connectivity index is 2.50. The van der Waals surface area contributed by atoms with E-state index >= 15 is 0 Å². The minimum atomic E-state index is 0.309. The Morgan fingerprint density at radius 1 is 1.32 bits per heavy atom. The molecule has 0 radical (unpaired) electrons. The van der Waals surface area contributed by atoms with Gasteiger partial charge < -0.3 is 15.0 Å². The van der Waals surface area contributed by atoms with Crippen molar-refractivity contribution in [2.24, 2.45) is 11.3 Å². The minimum Gasteiger partial charge on any atom is -0.378 e. The third-order valence-corrected chi connectivity index (χ3v) is 5.12. The molecule has 4 unspecified atom stereocenters. The van der Waals surface area contributed by atoms with Gasteiger partial charge in [-0.05, 0) is 39.8 Å². The molecule has 1 aliphatic carbocycles. The summed E-state index contributed by atoms with van der Waals surface area (Å²) in [6.07, 6.45) is 2.79. The second-order valence-electron chi connectivity index (χ2n) is 6.77. The van der Waals surface area contributed by atoms with Gasteiger partial charge in [0.05, 0.1) is 6.10 Å². The lowest BCUT2D eigenvalue weighted by Gasteiger charge is -2.54. The van der Waals surface area contributed by atoms with Gasteiger partial charge in [-0.25, -0.2) is 0 Å². The molecule has 0 amide bonds. The van der Waals surface area contributed by atoms with Gasteiger partial charge in [-0.2, -0.15) is 0 Å². The largest absolute Gasteiger partial charge is 0.378 e. The molecule has 1 N–H and O–H groups in total. The van der Waals surface area contributed by atoms with Gasteiger partial charge in [-0.3, -0.25) is 0 Å². The molecule has 0 heterocycles. The smallest absolute Gasteiger partial charge is 0.0658 e. The lowest BCUT2D eigenvalue weighted by atomic mass is 9.61. The first-order chi connectivity index (χ1) is 8.86. The van der Waals surface area contributed by atoms with Crippen LogP contribution < -0.4 is 5.32 Å². The third kappa shape index (κ3) is 3.71. The normalized spacial score (nSPS) is 32.7. The molecular formula is C16H34N2O. The van der Waals surface area contributed by atoms with E-state index in [9.17, 15) is 0 Å². The van der Waals surface area contributed by atoms with Crippen LogP contribution in [0, 0.1) is 11.3 Å². The molecule has 1 fully saturated rings. The van der Waals surface area contributed by atoms with Crippen molar-refractivity contribution in [2.75, 3.05) is 27.2 Å². The Morgan fingerprint density at radius 2 is 1.95 bits per heavy atom. The van der Waals surface area contributed by atoms with Gasteiger partial charge in [-0.1, -0.05) is 27.7 Å². The van der Waals surface area contributed by atoms with Crippen molar-refractivity contribution in [3.8, 4) is 0 Å². The summed E-state index contributed by atoms with van der Waals surface area (Å²) in [5.41, 5.74) is 0.309. The molecule has 0 spiro atoms. The number of nitrogens with one attached hydrogen (secondary N) is 1. The number of hydrogen-bond donors (Lipinski definition) is 1. The summed E-state index contributed by atoms with van der Waals surface area (Å²) in [6, 6.07) is 1.21. The first-order valence-electron chi connectivity index (χ1n) is 7.88. The second kappa shape index (κ2) is 7.05. The van der Waals surface area contributed by atoms with Gasteiger partial charge in [0.2, 0.25) is 0 Å². The van der Waals surface area contributed by atoms with E-state index in [1.807, 2.05) is 0 Å². The number of hydrogen-bond acceptors (Lipinski definition) is 3. The van der Waals surface area contributed by atoms with Crippen LogP contribution in [0.4, 0.5) is 0 Å². The summed E-state index contributed by atoms with van der Waals surface area (Å²) >= 11 is 0. The van der Waals surface area contributed by atoms with Crippen molar-refractivity contribution in [1.82, 2.24) is 10.2 Å². The average molecular weight is 270 g/mol. The molecule has 0 aromatic heterocycles. The topological polar surface area (TPSA) is 24.5 Å². The van der Waals surface area contributed by atoms with Crippen LogP contribution >= 0.6 is 0 Å². The fourth-order valence-electron chi connectivity index (χ4n) is 3.34. The second-order valence-corrected chi connectivity index (χ2v) is 6.77. The van der Waals surface area contributed by atoms with Crippen molar-refractivity contribution in [1.29, 1.82) is 0 Å². The van der Waals surface area contributed by atoms with E-state index < -0.39 is 0 Å². The zero-order chi connectivity index (χ0) is 14.6. The summed E-state index contributed by atoms with van der Waals surface area (Å²) in [6.45, 7) is 13.3. The van der Waals surface area contributed by atoms with E-state index in [-0.39, 0.29) is 0 Å². The van der Waals surface area contributed by atoms with Crippen LogP contribution in [-0.4, -0.2) is 50.3 Å². The zero-order valence-electron chi connectivity index (χ0n) is 14.0. The SMILES string of the molecule is CCOC1CC(NCC(C(C)C)N(C)C)C1(C)CC. The highest BCUT2D eigenvalue weighted by molar-refractivity contribution is 5.05. The number of ether oxygens (including phenoxy) is 1. The summed E-state index contributed by atoms with van der Waals surface area (Å²) < 4.78 is 5.87. The predicted molar refractivity (Wildman–Crippen MR) is 82.5 cm³/mol. The highest BCUT2D eigenvalue weighted by atomic mass is 16.5. The molecule has 1 aliphatic rings. The van der Waals surface area contributed by atoms with Gasteiger partial charge in [0.25, 0.3) is 0 Å². The Labute approximate surface area is 120 Å². The molecule has 1 rings (SSSR count). The molecule has 114 valence electrons. The molecule has 19 heavy (non-hydrogen) atoms. The Bertz CT molecular complexity index is 259. The quantitative estimate of drug-likeness (QED) is 0.734. The van der Waals surface area contributed by atoms with Crippen LogP contribution in [0.1, 0.15) is 47.5 Å². The highest BCUT2D eigenvalue weighted by Gasteiger charge is 2.50. The van der Waals surface area contributed by atoms with Crippen LogP contribution in [-0.2, 0) is 4.74 Å². The molecule has 3 heteroatoms. The fraction of sp³-hybridized carbons (Fsp3) is 1.00. The maximum Gasteiger partial charge on any atom is 0.0658 e. The van der Waals surface area contributed by atoms with Crippen molar-refractivity contribution in [3.63, 3.8) is 0 Å². The van der Waals surface area contributed by atoms with E-state index in [4.69, 9.17) is 4.74 Å². The molecule has 1 saturated carbocycles. The van der Waals surface area contributed by atoms with Gasteiger partial charge in [0, 0.05) is 30.7 Å². The fourth-order valence-corrected chi connectivity index (χ4v) is 3.34. The van der Waals surface area contributed by atoms with Crippen molar-refractivity contribution in [3.05, 3.63) is 0 Å². The molecule has 0 aliphatic heterocycles. The molecule has 3 nitrogen and oxygen atoms in total. The molecule has 4 atom stereocenters. The van der Waals surface area contributed by atoms with Crippen LogP contribution in [0.5, 0.6) is 0 Å². The highest BCUT2D eigenvalue weighted by Crippen LogP contribution is 2.45. The van der Waals surface area contributed by atoms with Gasteiger partial charge in [0.1, 0.15) is 0 Å². The molecule has 0 aromatic rings. The van der Waals surface area contributed by atoms with E-state index in [1.165, 1.54) is 6.42 Å². The number of likely N-dealkylation sites (N-methyl/N-ethyl adjacent to an activating group) is 1. The summed E-state index contributed by atoms with van der Waals surface area (Å²) in [4.78, 5) is 2.33. The van der Waals surface area contributed by atoms with Crippen LogP contribution in [0.3, 0.4) is 0 Å². The average Bonchev–Trinajstić information content (AvgIpc) is 2.34. The van der Waals surface area contributed by atoms with E-state index in [2.05, 4.69) is 58.9 Å². The predicted octanol–water partition coefficient (Wildman–Crippen LogP) is 2.76. The lowest BCUT2D eigenvalue weighted by Crippen LogP contribution is -2.63. The van der Waals surface area contributed by atoms with Crippen LogP contribution in [0.25, 0.3) is 0 Å². The van der Waals surface area contributed by atoms with Crippen molar-refractivity contribution < 1.29 is 4.74 Å². The van der Waals surface area contributed by atoms with E-state index in [1.54, 1.807) is 0 Å². The minimum absolute atomic E-state index is 0.309. The number of nitrogens with zero attached hydrogens (tertiary/aromatic N) is 1. The number of rotatable bonds is 8. The maximum atomic E-state index is 5.87. The van der Waals surface area contributed by atoms with Crippen LogP contribution in [0.15, 0.2) is 0 Å². The molecular weight excluding hydrogens is 236 g/mol. The van der Waals surface area contributed by atoms with Crippen LogP contribution in [0.2, 0.25) is 0 Å². The van der Waals surface area contributed by atoms with Gasteiger partial charge >= 0.3 is 0 Å². The Morgan fingerprint density at radius 3 is 2.37 bits per heavy atom. The zero-order valence-corrected chi connectivity index (χ0v) is 14.0. The standard InChI is InChI=1S/C16H34N2O/c1-8-16(5)14(10-15(16)19-9-2)17-11-13(12(3)4)18(6)7/h12-15,17H,8-11H2,1-7H3. The van der Waals surface area contributed by atoms with Gasteiger partial charge in [0.15, 0.2) is 0 Å². The molecule has 0 saturated heterocycles. The monoisotopic (exact) mass is 270 g/mol. The summed E-state index contributed by atoms with van der Waals surface area (Å²) in [5.74, 6) is 0.679.